The summed E-state index contributed by atoms with van der Waals surface area (Å²) in [5.74, 6) is -2.29. The molecule has 2 rings (SSSR count). The topological polar surface area (TPSA) is 91.9 Å². The molecule has 6 heteroatoms. The van der Waals surface area contributed by atoms with Gasteiger partial charge in [-0.15, -0.1) is 0 Å². The summed E-state index contributed by atoms with van der Waals surface area (Å²) in [5.41, 5.74) is 0.973. The molecule has 19 heavy (non-hydrogen) atoms. The molecule has 0 saturated heterocycles. The van der Waals surface area contributed by atoms with Crippen molar-refractivity contribution in [2.45, 2.75) is 0 Å². The van der Waals surface area contributed by atoms with E-state index in [4.69, 9.17) is 5.11 Å². The van der Waals surface area contributed by atoms with Gasteiger partial charge in [0.2, 0.25) is 0 Å². The zero-order valence-electron chi connectivity index (χ0n) is 9.72. The Balaban J connectivity index is 2.51. The highest BCUT2D eigenvalue weighted by atomic mass is 16.4. The molecule has 0 atom stereocenters. The van der Waals surface area contributed by atoms with E-state index < -0.39 is 11.9 Å². The fourth-order valence-corrected chi connectivity index (χ4v) is 1.62. The Morgan fingerprint density at radius 2 is 2.05 bits per heavy atom. The first-order valence-corrected chi connectivity index (χ1v) is 5.36. The van der Waals surface area contributed by atoms with Gasteiger partial charge in [-0.1, -0.05) is 12.1 Å². The molecular weight excluding hydrogens is 248 g/mol. The third-order valence-electron chi connectivity index (χ3n) is 2.43. The number of imidazole rings is 1. The first-order valence-electron chi connectivity index (χ1n) is 5.36. The minimum absolute atomic E-state index is 0.0313. The van der Waals surface area contributed by atoms with Crippen molar-refractivity contribution in [2.24, 2.45) is 0 Å². The predicted octanol–water partition coefficient (Wildman–Crippen LogP) is 1.44. The minimum Gasteiger partial charge on any atom is -0.478 e. The molecule has 0 radical (unpaired) electrons. The molecular formula is C13H10N2O4. The van der Waals surface area contributed by atoms with Crippen molar-refractivity contribution in [3.05, 3.63) is 54.5 Å². The maximum absolute atomic E-state index is 11.2. The second-order valence-corrected chi connectivity index (χ2v) is 3.66. The Labute approximate surface area is 107 Å². The van der Waals surface area contributed by atoms with E-state index in [0.29, 0.717) is 11.3 Å². The first-order chi connectivity index (χ1) is 9.09. The average molecular weight is 258 g/mol. The lowest BCUT2D eigenvalue weighted by molar-refractivity contribution is -0.132. The van der Waals surface area contributed by atoms with Crippen LogP contribution >= 0.6 is 0 Å². The number of carboxylic acids is 2. The molecule has 2 aromatic heterocycles. The van der Waals surface area contributed by atoms with E-state index >= 15 is 0 Å². The van der Waals surface area contributed by atoms with Crippen LogP contribution in [0.25, 0.3) is 11.2 Å². The molecule has 0 fully saturated rings. The molecule has 0 amide bonds. The number of aliphatic carboxylic acids is 2. The van der Waals surface area contributed by atoms with E-state index in [1.807, 2.05) is 0 Å². The van der Waals surface area contributed by atoms with Crippen molar-refractivity contribution >= 4 is 23.2 Å². The van der Waals surface area contributed by atoms with Crippen molar-refractivity contribution in [1.29, 1.82) is 0 Å². The van der Waals surface area contributed by atoms with Crippen LogP contribution in [0, 0.1) is 0 Å². The van der Waals surface area contributed by atoms with Crippen LogP contribution in [0.15, 0.2) is 48.8 Å². The van der Waals surface area contributed by atoms with E-state index in [1.54, 1.807) is 28.8 Å². The van der Waals surface area contributed by atoms with Gasteiger partial charge in [0, 0.05) is 12.3 Å². The van der Waals surface area contributed by atoms with Crippen LogP contribution in [0.3, 0.4) is 0 Å². The lowest BCUT2D eigenvalue weighted by Gasteiger charge is -2.01. The summed E-state index contributed by atoms with van der Waals surface area (Å²) in [6, 6.07) is 5.29. The van der Waals surface area contributed by atoms with Gasteiger partial charge in [0.1, 0.15) is 5.65 Å². The third-order valence-corrected chi connectivity index (χ3v) is 2.43. The molecule has 0 spiro atoms. The maximum Gasteiger partial charge on any atom is 0.337 e. The third kappa shape index (κ3) is 2.68. The number of carbonyl (C=O) groups is 2. The van der Waals surface area contributed by atoms with Crippen LogP contribution < -0.4 is 0 Å². The Bertz CT molecular complexity index is 697. The largest absolute Gasteiger partial charge is 0.478 e. The zero-order chi connectivity index (χ0) is 13.8. The van der Waals surface area contributed by atoms with Crippen molar-refractivity contribution in [3.63, 3.8) is 0 Å². The van der Waals surface area contributed by atoms with Crippen molar-refractivity contribution in [1.82, 2.24) is 9.38 Å². The molecule has 2 aromatic rings. The summed E-state index contributed by atoms with van der Waals surface area (Å²) in [6.07, 6.45) is 6.40. The number of rotatable bonds is 4. The van der Waals surface area contributed by atoms with Crippen molar-refractivity contribution in [3.8, 4) is 0 Å². The minimum atomic E-state index is -1.15. The molecule has 6 nitrogen and oxygen atoms in total. The molecule has 0 bridgehead atoms. The van der Waals surface area contributed by atoms with Crippen molar-refractivity contribution < 1.29 is 19.8 Å². The van der Waals surface area contributed by atoms with Crippen LogP contribution in [0.1, 0.15) is 5.69 Å². The fourth-order valence-electron chi connectivity index (χ4n) is 1.62. The Morgan fingerprint density at radius 3 is 2.74 bits per heavy atom. The quantitative estimate of drug-likeness (QED) is 0.639. The average Bonchev–Trinajstić information content (AvgIpc) is 2.77. The predicted molar refractivity (Wildman–Crippen MR) is 67.6 cm³/mol. The molecule has 0 aromatic carbocycles. The Morgan fingerprint density at radius 1 is 1.26 bits per heavy atom. The highest BCUT2D eigenvalue weighted by Gasteiger charge is 2.14. The number of carboxylic acid groups (broad SMARTS) is 2. The highest BCUT2D eigenvalue weighted by molar-refractivity contribution is 6.15. The lowest BCUT2D eigenvalue weighted by atomic mass is 10.2. The molecule has 2 N–H and O–H groups in total. The van der Waals surface area contributed by atoms with E-state index in [-0.39, 0.29) is 5.57 Å². The highest BCUT2D eigenvalue weighted by Crippen LogP contribution is 2.16. The van der Waals surface area contributed by atoms with E-state index in [1.165, 1.54) is 18.3 Å². The van der Waals surface area contributed by atoms with Crippen LogP contribution in [0.2, 0.25) is 0 Å². The standard InChI is InChI=1S/C13H10N2O4/c16-12(17)6-3-4-9(13(18)19)10-8-14-11-5-1-2-7-15(10)11/h1-8H,(H,16,17)(H,18,19)/b6-3+,9-4-. The summed E-state index contributed by atoms with van der Waals surface area (Å²) in [4.78, 5) is 25.7. The number of pyridine rings is 1. The summed E-state index contributed by atoms with van der Waals surface area (Å²) in [5, 5.41) is 17.7. The van der Waals surface area contributed by atoms with E-state index in [0.717, 1.165) is 6.08 Å². The van der Waals surface area contributed by atoms with Gasteiger partial charge in [0.25, 0.3) is 0 Å². The fraction of sp³-hybridized carbons (Fsp3) is 0. The van der Waals surface area contributed by atoms with Gasteiger partial charge in [-0.05, 0) is 18.2 Å². The molecule has 0 aliphatic carbocycles. The van der Waals surface area contributed by atoms with Crippen LogP contribution in [0.5, 0.6) is 0 Å². The second kappa shape index (κ2) is 5.18. The summed E-state index contributed by atoms with van der Waals surface area (Å²) < 4.78 is 1.62. The monoisotopic (exact) mass is 258 g/mol. The van der Waals surface area contributed by atoms with Crippen LogP contribution in [-0.4, -0.2) is 31.5 Å². The van der Waals surface area contributed by atoms with E-state index in [2.05, 4.69) is 4.98 Å². The SMILES string of the molecule is O=C(O)/C=C/C=C(\C(=O)O)c1cnc2ccccn12. The van der Waals surface area contributed by atoms with Gasteiger partial charge in [0.05, 0.1) is 17.5 Å². The van der Waals surface area contributed by atoms with Gasteiger partial charge in [-0.25, -0.2) is 14.6 Å². The Hall–Kier alpha value is -2.89. The van der Waals surface area contributed by atoms with Gasteiger partial charge < -0.3 is 10.2 Å². The Kier molecular flexibility index (Phi) is 3.42. The van der Waals surface area contributed by atoms with Gasteiger partial charge >= 0.3 is 11.9 Å². The van der Waals surface area contributed by atoms with Gasteiger partial charge in [0.15, 0.2) is 0 Å². The number of aromatic nitrogens is 2. The maximum atomic E-state index is 11.2. The summed E-state index contributed by atoms with van der Waals surface area (Å²) in [6.45, 7) is 0. The normalized spacial score (nSPS) is 12.1. The summed E-state index contributed by atoms with van der Waals surface area (Å²) in [7, 11) is 0. The first kappa shape index (κ1) is 12.6. The lowest BCUT2D eigenvalue weighted by Crippen LogP contribution is -2.02. The molecule has 2 heterocycles. The molecule has 96 valence electrons. The van der Waals surface area contributed by atoms with E-state index in [9.17, 15) is 14.7 Å². The summed E-state index contributed by atoms with van der Waals surface area (Å²) >= 11 is 0. The number of fused-ring (bicyclic) bond motifs is 1. The van der Waals surface area contributed by atoms with Gasteiger partial charge in [-0.3, -0.25) is 4.40 Å². The molecule has 0 unspecified atom stereocenters. The molecule has 0 aliphatic heterocycles. The van der Waals surface area contributed by atoms with Crippen molar-refractivity contribution in [2.75, 3.05) is 0 Å². The number of hydrogen-bond donors (Lipinski definition) is 2. The smallest absolute Gasteiger partial charge is 0.337 e. The second-order valence-electron chi connectivity index (χ2n) is 3.66. The molecule has 0 saturated carbocycles. The van der Waals surface area contributed by atoms with Gasteiger partial charge in [-0.2, -0.15) is 0 Å². The van der Waals surface area contributed by atoms with Crippen LogP contribution in [-0.2, 0) is 9.59 Å². The number of hydrogen-bond acceptors (Lipinski definition) is 3. The zero-order valence-corrected chi connectivity index (χ0v) is 9.72. The molecule has 0 aliphatic rings. The van der Waals surface area contributed by atoms with Crippen LogP contribution in [0.4, 0.5) is 0 Å². The number of allylic oxidation sites excluding steroid dienone is 2. The number of nitrogens with zero attached hydrogens (tertiary/aromatic N) is 2.